The van der Waals surface area contributed by atoms with Crippen LogP contribution in [0.15, 0.2) is 36.4 Å². The van der Waals surface area contributed by atoms with Crippen LogP contribution in [0.3, 0.4) is 0 Å². The molecule has 0 aliphatic carbocycles. The average molecular weight is 357 g/mol. The Bertz CT molecular complexity index is 700. The Balaban J connectivity index is 1.47. The SMILES string of the molecule is CCCC1(CCOC(=O)Cc2ccc(N3C(=O)C=CC3=O)cc2)COC1. The smallest absolute Gasteiger partial charge is 0.310 e. The fourth-order valence-corrected chi connectivity index (χ4v) is 3.35. The van der Waals surface area contributed by atoms with E-state index < -0.39 is 0 Å². The van der Waals surface area contributed by atoms with Gasteiger partial charge < -0.3 is 9.47 Å². The quantitative estimate of drug-likeness (QED) is 0.528. The number of esters is 1. The maximum atomic E-state index is 12.0. The van der Waals surface area contributed by atoms with Gasteiger partial charge in [-0.15, -0.1) is 0 Å². The van der Waals surface area contributed by atoms with Gasteiger partial charge in [-0.3, -0.25) is 14.4 Å². The third kappa shape index (κ3) is 4.02. The number of carbonyl (C=O) groups is 3. The molecule has 1 saturated heterocycles. The van der Waals surface area contributed by atoms with E-state index in [0.29, 0.717) is 12.3 Å². The van der Waals surface area contributed by atoms with Gasteiger partial charge in [-0.1, -0.05) is 25.5 Å². The second-order valence-corrected chi connectivity index (χ2v) is 6.90. The van der Waals surface area contributed by atoms with Gasteiger partial charge in [-0.25, -0.2) is 4.90 Å². The third-order valence-electron chi connectivity index (χ3n) is 4.84. The number of anilines is 1. The lowest BCUT2D eigenvalue weighted by Gasteiger charge is -2.41. The maximum Gasteiger partial charge on any atom is 0.310 e. The molecule has 26 heavy (non-hydrogen) atoms. The number of ether oxygens (including phenoxy) is 2. The molecule has 1 aromatic carbocycles. The number of amides is 2. The molecule has 0 bridgehead atoms. The number of hydrogen-bond acceptors (Lipinski definition) is 5. The number of hydrogen-bond donors (Lipinski definition) is 0. The molecular weight excluding hydrogens is 334 g/mol. The molecular formula is C20H23NO5. The summed E-state index contributed by atoms with van der Waals surface area (Å²) < 4.78 is 10.7. The summed E-state index contributed by atoms with van der Waals surface area (Å²) in [5.74, 6) is -0.995. The highest BCUT2D eigenvalue weighted by Crippen LogP contribution is 2.36. The first kappa shape index (κ1) is 18.3. The van der Waals surface area contributed by atoms with Crippen molar-refractivity contribution in [1.29, 1.82) is 0 Å². The highest BCUT2D eigenvalue weighted by atomic mass is 16.5. The van der Waals surface area contributed by atoms with Gasteiger partial charge in [0, 0.05) is 17.6 Å². The average Bonchev–Trinajstić information content (AvgIpc) is 2.92. The van der Waals surface area contributed by atoms with Crippen molar-refractivity contribution in [2.45, 2.75) is 32.6 Å². The molecule has 6 nitrogen and oxygen atoms in total. The van der Waals surface area contributed by atoms with Crippen molar-refractivity contribution in [3.05, 3.63) is 42.0 Å². The topological polar surface area (TPSA) is 72.9 Å². The Labute approximate surface area is 152 Å². The largest absolute Gasteiger partial charge is 0.465 e. The van der Waals surface area contributed by atoms with Crippen LogP contribution >= 0.6 is 0 Å². The van der Waals surface area contributed by atoms with E-state index in [0.717, 1.165) is 42.9 Å². The number of carbonyl (C=O) groups excluding carboxylic acids is 3. The molecule has 1 aromatic rings. The van der Waals surface area contributed by atoms with Crippen LogP contribution in [0.2, 0.25) is 0 Å². The van der Waals surface area contributed by atoms with Crippen LogP contribution in [-0.4, -0.2) is 37.6 Å². The molecule has 0 saturated carbocycles. The lowest BCUT2D eigenvalue weighted by molar-refractivity contribution is -0.151. The molecule has 6 heteroatoms. The Morgan fingerprint density at radius 2 is 1.77 bits per heavy atom. The van der Waals surface area contributed by atoms with E-state index in [9.17, 15) is 14.4 Å². The van der Waals surface area contributed by atoms with Crippen molar-refractivity contribution in [2.75, 3.05) is 24.7 Å². The summed E-state index contributed by atoms with van der Waals surface area (Å²) in [6.45, 7) is 4.06. The normalized spacial score (nSPS) is 18.1. The Hall–Kier alpha value is -2.47. The van der Waals surface area contributed by atoms with Gasteiger partial charge in [0.1, 0.15) is 0 Å². The standard InChI is InChI=1S/C20H23NO5/c1-2-9-20(13-25-14-20)10-11-26-19(24)12-15-3-5-16(6-4-15)21-17(22)7-8-18(21)23/h3-8H,2,9-14H2,1H3. The van der Waals surface area contributed by atoms with Crippen molar-refractivity contribution < 1.29 is 23.9 Å². The van der Waals surface area contributed by atoms with Crippen LogP contribution in [0, 0.1) is 5.41 Å². The minimum atomic E-state index is -0.358. The van der Waals surface area contributed by atoms with Crippen molar-refractivity contribution in [2.24, 2.45) is 5.41 Å². The van der Waals surface area contributed by atoms with Crippen molar-refractivity contribution in [1.82, 2.24) is 0 Å². The van der Waals surface area contributed by atoms with Gasteiger partial charge in [0.15, 0.2) is 0 Å². The molecule has 2 aliphatic heterocycles. The van der Waals surface area contributed by atoms with E-state index in [1.165, 1.54) is 12.2 Å². The van der Waals surface area contributed by atoms with Gasteiger partial charge in [0.25, 0.3) is 11.8 Å². The number of nitrogens with zero attached hydrogens (tertiary/aromatic N) is 1. The molecule has 2 amide bonds. The summed E-state index contributed by atoms with van der Waals surface area (Å²) in [6.07, 6.45) is 5.67. The van der Waals surface area contributed by atoms with Gasteiger partial charge in [0.05, 0.1) is 31.9 Å². The molecule has 0 atom stereocenters. The minimum absolute atomic E-state index is 0.164. The Morgan fingerprint density at radius 3 is 2.31 bits per heavy atom. The molecule has 0 unspecified atom stereocenters. The van der Waals surface area contributed by atoms with E-state index in [1.54, 1.807) is 24.3 Å². The van der Waals surface area contributed by atoms with Crippen LogP contribution in [0.25, 0.3) is 0 Å². The second-order valence-electron chi connectivity index (χ2n) is 6.90. The Kier molecular flexibility index (Phi) is 5.52. The zero-order chi connectivity index (χ0) is 18.6. The van der Waals surface area contributed by atoms with E-state index in [4.69, 9.17) is 9.47 Å². The van der Waals surface area contributed by atoms with E-state index in [-0.39, 0.29) is 29.6 Å². The molecule has 0 N–H and O–H groups in total. The lowest BCUT2D eigenvalue weighted by Crippen LogP contribution is -2.43. The summed E-state index contributed by atoms with van der Waals surface area (Å²) in [6, 6.07) is 6.78. The van der Waals surface area contributed by atoms with Gasteiger partial charge in [-0.2, -0.15) is 0 Å². The zero-order valence-corrected chi connectivity index (χ0v) is 14.9. The predicted octanol–water partition coefficient (Wildman–Crippen LogP) is 2.41. The zero-order valence-electron chi connectivity index (χ0n) is 14.9. The first-order chi connectivity index (χ1) is 12.5. The third-order valence-corrected chi connectivity index (χ3v) is 4.84. The summed E-state index contributed by atoms with van der Waals surface area (Å²) in [5, 5.41) is 0. The number of rotatable bonds is 8. The highest BCUT2D eigenvalue weighted by Gasteiger charge is 2.37. The fourth-order valence-electron chi connectivity index (χ4n) is 3.35. The molecule has 0 spiro atoms. The molecule has 0 radical (unpaired) electrons. The maximum absolute atomic E-state index is 12.0. The first-order valence-corrected chi connectivity index (χ1v) is 8.91. The predicted molar refractivity (Wildman–Crippen MR) is 95.5 cm³/mol. The monoisotopic (exact) mass is 357 g/mol. The van der Waals surface area contributed by atoms with Crippen LogP contribution < -0.4 is 4.90 Å². The highest BCUT2D eigenvalue weighted by molar-refractivity contribution is 6.28. The fraction of sp³-hybridized carbons (Fsp3) is 0.450. The van der Waals surface area contributed by atoms with E-state index in [1.807, 2.05) is 0 Å². The molecule has 138 valence electrons. The van der Waals surface area contributed by atoms with Crippen molar-refractivity contribution in [3.63, 3.8) is 0 Å². The van der Waals surface area contributed by atoms with Crippen molar-refractivity contribution in [3.8, 4) is 0 Å². The number of imide groups is 1. The lowest BCUT2D eigenvalue weighted by atomic mass is 9.79. The van der Waals surface area contributed by atoms with Gasteiger partial charge in [0.2, 0.25) is 0 Å². The minimum Gasteiger partial charge on any atom is -0.465 e. The molecule has 3 rings (SSSR count). The summed E-state index contributed by atoms with van der Waals surface area (Å²) in [4.78, 5) is 36.4. The van der Waals surface area contributed by atoms with Gasteiger partial charge >= 0.3 is 5.97 Å². The molecule has 0 aromatic heterocycles. The van der Waals surface area contributed by atoms with Crippen LogP contribution in [0.4, 0.5) is 5.69 Å². The summed E-state index contributed by atoms with van der Waals surface area (Å²) >= 11 is 0. The number of benzene rings is 1. The van der Waals surface area contributed by atoms with Crippen LogP contribution in [-0.2, 0) is 30.3 Å². The van der Waals surface area contributed by atoms with Crippen LogP contribution in [0.1, 0.15) is 31.7 Å². The summed E-state index contributed by atoms with van der Waals surface area (Å²) in [5.41, 5.74) is 1.45. The van der Waals surface area contributed by atoms with Crippen molar-refractivity contribution >= 4 is 23.5 Å². The molecule has 2 aliphatic rings. The van der Waals surface area contributed by atoms with Crippen LogP contribution in [0.5, 0.6) is 0 Å². The van der Waals surface area contributed by atoms with E-state index >= 15 is 0 Å². The van der Waals surface area contributed by atoms with E-state index in [2.05, 4.69) is 6.92 Å². The first-order valence-electron chi connectivity index (χ1n) is 8.91. The Morgan fingerprint density at radius 1 is 1.12 bits per heavy atom. The molecule has 2 heterocycles. The molecule has 1 fully saturated rings. The van der Waals surface area contributed by atoms with Gasteiger partial charge in [-0.05, 0) is 30.5 Å². The second kappa shape index (κ2) is 7.83. The summed E-state index contributed by atoms with van der Waals surface area (Å²) in [7, 11) is 0.